The molecule has 2 rings (SSSR count). The maximum Gasteiger partial charge on any atom is 0.0454 e. The predicted octanol–water partition coefficient (Wildman–Crippen LogP) is 4.93. The van der Waals surface area contributed by atoms with Crippen LogP contribution in [-0.4, -0.2) is 0 Å². The van der Waals surface area contributed by atoms with Gasteiger partial charge in [-0.05, 0) is 48.4 Å². The molecule has 3 unspecified atom stereocenters. The molecule has 0 aromatic heterocycles. The maximum atomic E-state index is 6.40. The lowest BCUT2D eigenvalue weighted by Crippen LogP contribution is -2.26. The van der Waals surface area contributed by atoms with Gasteiger partial charge in [-0.1, -0.05) is 47.3 Å². The average Bonchev–Trinajstić information content (AvgIpc) is 2.31. The van der Waals surface area contributed by atoms with Gasteiger partial charge >= 0.3 is 0 Å². The third kappa shape index (κ3) is 3.24. The van der Waals surface area contributed by atoms with Crippen molar-refractivity contribution in [1.82, 2.24) is 0 Å². The van der Waals surface area contributed by atoms with Crippen molar-refractivity contribution < 1.29 is 0 Å². The highest BCUT2D eigenvalue weighted by Crippen LogP contribution is 2.38. The molecule has 1 aliphatic rings. The molecule has 0 bridgehead atoms. The van der Waals surface area contributed by atoms with Crippen LogP contribution in [0.15, 0.2) is 22.7 Å². The monoisotopic (exact) mass is 315 g/mol. The summed E-state index contributed by atoms with van der Waals surface area (Å²) in [5.41, 5.74) is 7.48. The van der Waals surface area contributed by atoms with Crippen LogP contribution in [0.5, 0.6) is 0 Å². The first-order valence-corrected chi connectivity index (χ1v) is 7.45. The fourth-order valence-corrected chi connectivity index (χ4v) is 3.45. The summed E-state index contributed by atoms with van der Waals surface area (Å²) in [6, 6.07) is 6.02. The summed E-state index contributed by atoms with van der Waals surface area (Å²) in [6.07, 6.45) is 5.10. The Labute approximate surface area is 117 Å². The molecule has 1 nitrogen and oxygen atoms in total. The van der Waals surface area contributed by atoms with E-state index in [-0.39, 0.29) is 6.04 Å². The van der Waals surface area contributed by atoms with Gasteiger partial charge in [0, 0.05) is 15.5 Å². The topological polar surface area (TPSA) is 26.0 Å². The number of hydrogen-bond acceptors (Lipinski definition) is 1. The molecule has 1 aromatic carbocycles. The highest BCUT2D eigenvalue weighted by molar-refractivity contribution is 9.10. The molecule has 94 valence electrons. The van der Waals surface area contributed by atoms with Gasteiger partial charge in [-0.2, -0.15) is 0 Å². The van der Waals surface area contributed by atoms with Crippen LogP contribution in [-0.2, 0) is 0 Å². The quantitative estimate of drug-likeness (QED) is 0.822. The van der Waals surface area contributed by atoms with Crippen molar-refractivity contribution in [2.45, 2.75) is 38.6 Å². The van der Waals surface area contributed by atoms with Crippen LogP contribution in [0.3, 0.4) is 0 Å². The lowest BCUT2D eigenvalue weighted by molar-refractivity contribution is 0.248. The highest BCUT2D eigenvalue weighted by atomic mass is 79.9. The highest BCUT2D eigenvalue weighted by Gasteiger charge is 2.26. The maximum absolute atomic E-state index is 6.40. The zero-order valence-electron chi connectivity index (χ0n) is 10.1. The van der Waals surface area contributed by atoms with Crippen LogP contribution in [0.1, 0.15) is 44.2 Å². The summed E-state index contributed by atoms with van der Waals surface area (Å²) in [5, 5.41) is 0.791. The molecule has 0 aliphatic heterocycles. The van der Waals surface area contributed by atoms with E-state index in [1.807, 2.05) is 12.1 Å². The second-order valence-electron chi connectivity index (χ2n) is 5.22. The lowest BCUT2D eigenvalue weighted by Gasteiger charge is -2.31. The molecule has 1 fully saturated rings. The Morgan fingerprint density at radius 3 is 2.88 bits per heavy atom. The van der Waals surface area contributed by atoms with Gasteiger partial charge in [0.1, 0.15) is 0 Å². The van der Waals surface area contributed by atoms with Crippen LogP contribution < -0.4 is 5.73 Å². The van der Waals surface area contributed by atoms with E-state index in [0.717, 1.165) is 21.0 Å². The Hall–Kier alpha value is -0.0500. The van der Waals surface area contributed by atoms with Crippen LogP contribution in [0.4, 0.5) is 0 Å². The van der Waals surface area contributed by atoms with Crippen LogP contribution in [0, 0.1) is 11.8 Å². The van der Waals surface area contributed by atoms with E-state index in [2.05, 4.69) is 28.9 Å². The average molecular weight is 317 g/mol. The van der Waals surface area contributed by atoms with Crippen LogP contribution >= 0.6 is 27.5 Å². The van der Waals surface area contributed by atoms with Gasteiger partial charge < -0.3 is 5.73 Å². The van der Waals surface area contributed by atoms with E-state index < -0.39 is 0 Å². The zero-order valence-corrected chi connectivity index (χ0v) is 12.5. The van der Waals surface area contributed by atoms with Crippen molar-refractivity contribution >= 4 is 27.5 Å². The molecule has 0 radical (unpaired) electrons. The van der Waals surface area contributed by atoms with Crippen LogP contribution in [0.2, 0.25) is 5.02 Å². The van der Waals surface area contributed by atoms with E-state index in [1.54, 1.807) is 0 Å². The minimum Gasteiger partial charge on any atom is -0.324 e. The van der Waals surface area contributed by atoms with E-state index in [1.165, 1.54) is 25.7 Å². The molecular weight excluding hydrogens is 298 g/mol. The first-order valence-electron chi connectivity index (χ1n) is 6.28. The van der Waals surface area contributed by atoms with E-state index in [0.29, 0.717) is 5.92 Å². The minimum atomic E-state index is 0.0720. The zero-order chi connectivity index (χ0) is 12.4. The summed E-state index contributed by atoms with van der Waals surface area (Å²) in [7, 11) is 0. The van der Waals surface area contributed by atoms with Gasteiger partial charge in [0.2, 0.25) is 0 Å². The van der Waals surface area contributed by atoms with Gasteiger partial charge in [0.15, 0.2) is 0 Å². The van der Waals surface area contributed by atoms with Gasteiger partial charge in [-0.15, -0.1) is 0 Å². The van der Waals surface area contributed by atoms with Crippen molar-refractivity contribution in [3.63, 3.8) is 0 Å². The fraction of sp³-hybridized carbons (Fsp3) is 0.571. The molecule has 1 aliphatic carbocycles. The second kappa shape index (κ2) is 5.73. The van der Waals surface area contributed by atoms with Crippen molar-refractivity contribution in [2.24, 2.45) is 17.6 Å². The number of rotatable bonds is 2. The van der Waals surface area contributed by atoms with Gasteiger partial charge in [0.05, 0.1) is 0 Å². The summed E-state index contributed by atoms with van der Waals surface area (Å²) in [5.74, 6) is 1.37. The Morgan fingerprint density at radius 1 is 1.41 bits per heavy atom. The number of benzene rings is 1. The van der Waals surface area contributed by atoms with Gasteiger partial charge in [-0.25, -0.2) is 0 Å². The molecule has 0 saturated heterocycles. The third-order valence-electron chi connectivity index (χ3n) is 3.80. The second-order valence-corrected chi connectivity index (χ2v) is 6.55. The Bertz CT molecular complexity index is 394. The summed E-state index contributed by atoms with van der Waals surface area (Å²) >= 11 is 9.73. The number of halogens is 2. The molecule has 1 aromatic rings. The smallest absolute Gasteiger partial charge is 0.0454 e. The molecule has 0 heterocycles. The minimum absolute atomic E-state index is 0.0720. The van der Waals surface area contributed by atoms with Crippen LogP contribution in [0.25, 0.3) is 0 Å². The van der Waals surface area contributed by atoms with Gasteiger partial charge in [0.25, 0.3) is 0 Å². The Balaban J connectivity index is 2.18. The summed E-state index contributed by atoms with van der Waals surface area (Å²) in [6.45, 7) is 2.32. The molecule has 2 N–H and O–H groups in total. The summed E-state index contributed by atoms with van der Waals surface area (Å²) < 4.78 is 1.05. The lowest BCUT2D eigenvalue weighted by atomic mass is 9.77. The van der Waals surface area contributed by atoms with Crippen molar-refractivity contribution in [3.05, 3.63) is 33.3 Å². The van der Waals surface area contributed by atoms with E-state index >= 15 is 0 Å². The van der Waals surface area contributed by atoms with Gasteiger partial charge in [-0.3, -0.25) is 0 Å². The van der Waals surface area contributed by atoms with E-state index in [9.17, 15) is 0 Å². The molecule has 0 spiro atoms. The molecule has 3 atom stereocenters. The van der Waals surface area contributed by atoms with E-state index in [4.69, 9.17) is 17.3 Å². The summed E-state index contributed by atoms with van der Waals surface area (Å²) in [4.78, 5) is 0. The van der Waals surface area contributed by atoms with Crippen molar-refractivity contribution in [3.8, 4) is 0 Å². The number of nitrogens with two attached hydrogens (primary N) is 1. The molecule has 17 heavy (non-hydrogen) atoms. The largest absolute Gasteiger partial charge is 0.324 e. The Kier molecular flexibility index (Phi) is 4.51. The third-order valence-corrected chi connectivity index (χ3v) is 4.64. The number of hydrogen-bond donors (Lipinski definition) is 1. The molecular formula is C14H19BrClN. The van der Waals surface area contributed by atoms with Crippen molar-refractivity contribution in [2.75, 3.05) is 0 Å². The first kappa shape index (κ1) is 13.4. The first-order chi connectivity index (χ1) is 8.08. The standard InChI is InChI=1S/C14H19BrClN/c1-9-3-2-4-10(7-9)14(17)12-8-11(15)5-6-13(12)16/h5-6,8-10,14H,2-4,7,17H2,1H3. The Morgan fingerprint density at radius 2 is 2.18 bits per heavy atom. The normalized spacial score (nSPS) is 26.8. The predicted molar refractivity (Wildman–Crippen MR) is 77.2 cm³/mol. The molecule has 1 saturated carbocycles. The SMILES string of the molecule is CC1CCCC(C(N)c2cc(Br)ccc2Cl)C1. The molecule has 3 heteroatoms. The fourth-order valence-electron chi connectivity index (χ4n) is 2.83. The molecule has 0 amide bonds. The van der Waals surface area contributed by atoms with Crippen molar-refractivity contribution in [1.29, 1.82) is 0 Å².